The van der Waals surface area contributed by atoms with Crippen LogP contribution in [-0.4, -0.2) is 35.6 Å². The van der Waals surface area contributed by atoms with Gasteiger partial charge in [-0.3, -0.25) is 9.59 Å². The van der Waals surface area contributed by atoms with Crippen LogP contribution in [0.1, 0.15) is 33.6 Å². The molecule has 2 N–H and O–H groups in total. The smallest absolute Gasteiger partial charge is 0.255 e. The molecule has 1 atom stereocenters. The fourth-order valence-corrected chi connectivity index (χ4v) is 3.41. The van der Waals surface area contributed by atoms with Crippen LogP contribution in [0.5, 0.6) is 0 Å². The Morgan fingerprint density at radius 3 is 2.62 bits per heavy atom. The minimum absolute atomic E-state index is 0.0668. The van der Waals surface area contributed by atoms with E-state index in [4.69, 9.17) is 4.74 Å². The maximum Gasteiger partial charge on any atom is 0.255 e. The lowest BCUT2D eigenvalue weighted by Crippen LogP contribution is -2.32. The van der Waals surface area contributed by atoms with Crippen molar-refractivity contribution in [2.45, 2.75) is 18.9 Å². The highest BCUT2D eigenvalue weighted by Crippen LogP contribution is 2.18. The highest BCUT2D eigenvalue weighted by Gasteiger charge is 2.18. The van der Waals surface area contributed by atoms with Crippen LogP contribution in [0.2, 0.25) is 0 Å². The largest absolute Gasteiger partial charge is 0.376 e. The average molecular weight is 389 g/mol. The number of hydrogen-bond acceptors (Lipinski definition) is 3. The third-order valence-electron chi connectivity index (χ3n) is 4.95. The number of carbonyl (C=O) groups is 2. The van der Waals surface area contributed by atoms with Crippen LogP contribution in [0.4, 0.5) is 5.69 Å². The van der Waals surface area contributed by atoms with Crippen molar-refractivity contribution in [2.24, 2.45) is 0 Å². The third-order valence-corrected chi connectivity index (χ3v) is 4.95. The van der Waals surface area contributed by atoms with Gasteiger partial charge < -0.3 is 19.9 Å². The number of nitrogens with one attached hydrogen (secondary N) is 2. The third kappa shape index (κ3) is 4.55. The lowest BCUT2D eigenvalue weighted by molar-refractivity contribution is 0.0858. The van der Waals surface area contributed by atoms with E-state index in [1.807, 2.05) is 47.3 Å². The van der Waals surface area contributed by atoms with Crippen molar-refractivity contribution in [1.29, 1.82) is 0 Å². The Kier molecular flexibility index (Phi) is 5.72. The number of aromatic nitrogens is 1. The molecule has 0 radical (unpaired) electrons. The van der Waals surface area contributed by atoms with Crippen molar-refractivity contribution >= 4 is 17.5 Å². The van der Waals surface area contributed by atoms with Gasteiger partial charge in [0.05, 0.1) is 17.4 Å². The Morgan fingerprint density at radius 1 is 1.00 bits per heavy atom. The van der Waals surface area contributed by atoms with Gasteiger partial charge in [-0.2, -0.15) is 0 Å². The first-order chi connectivity index (χ1) is 14.2. The predicted molar refractivity (Wildman–Crippen MR) is 111 cm³/mol. The molecular formula is C23H23N3O3. The minimum atomic E-state index is -0.265. The quantitative estimate of drug-likeness (QED) is 0.676. The number of nitrogens with zero attached hydrogens (tertiary/aromatic N) is 1. The Labute approximate surface area is 169 Å². The zero-order valence-electron chi connectivity index (χ0n) is 16.0. The minimum Gasteiger partial charge on any atom is -0.376 e. The van der Waals surface area contributed by atoms with Gasteiger partial charge in [-0.05, 0) is 55.3 Å². The summed E-state index contributed by atoms with van der Waals surface area (Å²) in [5.41, 5.74) is 2.32. The molecule has 1 fully saturated rings. The molecule has 148 valence electrons. The number of amides is 2. The molecule has 2 amide bonds. The molecule has 0 unspecified atom stereocenters. The summed E-state index contributed by atoms with van der Waals surface area (Å²) < 4.78 is 7.48. The van der Waals surface area contributed by atoms with Crippen molar-refractivity contribution in [3.63, 3.8) is 0 Å². The monoisotopic (exact) mass is 389 g/mol. The second-order valence-corrected chi connectivity index (χ2v) is 6.99. The Morgan fingerprint density at radius 2 is 1.83 bits per heavy atom. The van der Waals surface area contributed by atoms with Crippen molar-refractivity contribution in [2.75, 3.05) is 18.5 Å². The molecule has 0 bridgehead atoms. The van der Waals surface area contributed by atoms with E-state index < -0.39 is 0 Å². The van der Waals surface area contributed by atoms with Crippen LogP contribution < -0.4 is 10.6 Å². The van der Waals surface area contributed by atoms with E-state index in [0.717, 1.165) is 25.1 Å². The van der Waals surface area contributed by atoms with Crippen LogP contribution in [0.25, 0.3) is 5.69 Å². The standard InChI is InChI=1S/C23H23N3O3/c27-22(17-7-5-8-18(15-17)26-12-3-4-13-26)25-21-11-2-1-10-20(21)23(28)24-16-19-9-6-14-29-19/h1-5,7-8,10-13,15,19H,6,9,14,16H2,(H,24,28)(H,25,27)/t19-/m1/s1. The molecule has 0 saturated carbocycles. The summed E-state index contributed by atoms with van der Waals surface area (Å²) in [5.74, 6) is -0.490. The molecule has 6 heteroatoms. The van der Waals surface area contributed by atoms with Crippen LogP contribution in [0, 0.1) is 0 Å². The molecule has 6 nitrogen and oxygen atoms in total. The van der Waals surface area contributed by atoms with Crippen molar-refractivity contribution in [1.82, 2.24) is 9.88 Å². The normalized spacial score (nSPS) is 15.8. The Bertz CT molecular complexity index is 992. The van der Waals surface area contributed by atoms with Gasteiger partial charge in [-0.15, -0.1) is 0 Å². The second-order valence-electron chi connectivity index (χ2n) is 6.99. The average Bonchev–Trinajstić information content (AvgIpc) is 3.47. The first-order valence-electron chi connectivity index (χ1n) is 9.74. The van der Waals surface area contributed by atoms with Gasteiger partial charge >= 0.3 is 0 Å². The summed E-state index contributed by atoms with van der Waals surface area (Å²) in [6.45, 7) is 1.22. The number of benzene rings is 2. The van der Waals surface area contributed by atoms with Gasteiger partial charge in [0, 0.05) is 36.8 Å². The van der Waals surface area contributed by atoms with Crippen molar-refractivity contribution in [3.05, 3.63) is 84.2 Å². The Balaban J connectivity index is 1.47. The van der Waals surface area contributed by atoms with Gasteiger partial charge in [0.25, 0.3) is 11.8 Å². The molecule has 1 aliphatic rings. The molecule has 29 heavy (non-hydrogen) atoms. The number of anilines is 1. The van der Waals surface area contributed by atoms with Crippen LogP contribution in [0.3, 0.4) is 0 Å². The van der Waals surface area contributed by atoms with E-state index in [-0.39, 0.29) is 17.9 Å². The summed E-state index contributed by atoms with van der Waals surface area (Å²) >= 11 is 0. The van der Waals surface area contributed by atoms with E-state index in [1.165, 1.54) is 0 Å². The lowest BCUT2D eigenvalue weighted by atomic mass is 10.1. The van der Waals surface area contributed by atoms with Gasteiger partial charge in [-0.25, -0.2) is 0 Å². The molecule has 3 aromatic rings. The first kappa shape index (κ1) is 19.0. The maximum atomic E-state index is 12.8. The zero-order chi connectivity index (χ0) is 20.1. The highest BCUT2D eigenvalue weighted by molar-refractivity contribution is 6.09. The van der Waals surface area contributed by atoms with Crippen LogP contribution in [0.15, 0.2) is 73.1 Å². The van der Waals surface area contributed by atoms with E-state index in [9.17, 15) is 9.59 Å². The lowest BCUT2D eigenvalue weighted by Gasteiger charge is -2.14. The molecule has 2 aromatic carbocycles. The summed E-state index contributed by atoms with van der Waals surface area (Å²) in [5, 5.41) is 5.77. The fourth-order valence-electron chi connectivity index (χ4n) is 3.41. The van der Waals surface area contributed by atoms with E-state index in [1.54, 1.807) is 30.3 Å². The van der Waals surface area contributed by atoms with Gasteiger partial charge in [0.2, 0.25) is 0 Å². The molecule has 0 spiro atoms. The molecule has 2 heterocycles. The second kappa shape index (κ2) is 8.75. The number of ether oxygens (including phenoxy) is 1. The Hall–Kier alpha value is -3.38. The highest BCUT2D eigenvalue weighted by atomic mass is 16.5. The van der Waals surface area contributed by atoms with Gasteiger partial charge in [-0.1, -0.05) is 18.2 Å². The molecule has 1 aliphatic heterocycles. The molecule has 1 aromatic heterocycles. The molecular weight excluding hydrogens is 366 g/mol. The number of carbonyl (C=O) groups excluding carboxylic acids is 2. The zero-order valence-corrected chi connectivity index (χ0v) is 16.0. The molecule has 1 saturated heterocycles. The SMILES string of the molecule is O=C(Nc1ccccc1C(=O)NC[C@H]1CCCO1)c1cccc(-n2cccc2)c1. The topological polar surface area (TPSA) is 72.4 Å². The number of hydrogen-bond donors (Lipinski definition) is 2. The van der Waals surface area contributed by atoms with Gasteiger partial charge in [0.1, 0.15) is 0 Å². The fraction of sp³-hybridized carbons (Fsp3) is 0.217. The van der Waals surface area contributed by atoms with E-state index in [2.05, 4.69) is 10.6 Å². The van der Waals surface area contributed by atoms with E-state index >= 15 is 0 Å². The van der Waals surface area contributed by atoms with Crippen molar-refractivity contribution in [3.8, 4) is 5.69 Å². The number of para-hydroxylation sites is 1. The number of rotatable bonds is 6. The first-order valence-corrected chi connectivity index (χ1v) is 9.74. The van der Waals surface area contributed by atoms with Crippen LogP contribution >= 0.6 is 0 Å². The predicted octanol–water partition coefficient (Wildman–Crippen LogP) is 3.64. The summed E-state index contributed by atoms with van der Waals surface area (Å²) in [6, 6.07) is 18.2. The van der Waals surface area contributed by atoms with Crippen LogP contribution in [-0.2, 0) is 4.74 Å². The summed E-state index contributed by atoms with van der Waals surface area (Å²) in [7, 11) is 0. The molecule has 0 aliphatic carbocycles. The summed E-state index contributed by atoms with van der Waals surface area (Å²) in [6.07, 6.45) is 5.89. The molecule has 4 rings (SSSR count). The summed E-state index contributed by atoms with van der Waals surface area (Å²) in [4.78, 5) is 25.4. The maximum absolute atomic E-state index is 12.8. The van der Waals surface area contributed by atoms with Crippen molar-refractivity contribution < 1.29 is 14.3 Å². The van der Waals surface area contributed by atoms with E-state index in [0.29, 0.717) is 23.4 Å². The van der Waals surface area contributed by atoms with Gasteiger partial charge in [0.15, 0.2) is 0 Å².